The van der Waals surface area contributed by atoms with Gasteiger partial charge in [0, 0.05) is 30.1 Å². The Labute approximate surface area is 116 Å². The van der Waals surface area contributed by atoms with E-state index in [0.717, 1.165) is 30.5 Å². The number of hydrogen-bond donors (Lipinski definition) is 2. The van der Waals surface area contributed by atoms with Gasteiger partial charge in [-0.15, -0.1) is 0 Å². The summed E-state index contributed by atoms with van der Waals surface area (Å²) in [5.74, 6) is 0.552. The van der Waals surface area contributed by atoms with Crippen molar-refractivity contribution >= 4 is 27.6 Å². The molecular weight excluding hydrogens is 292 g/mol. The topological polar surface area (TPSA) is 53.6 Å². The zero-order chi connectivity index (χ0) is 13.0. The van der Waals surface area contributed by atoms with Gasteiger partial charge in [-0.3, -0.25) is 4.99 Å². The highest BCUT2D eigenvalue weighted by atomic mass is 79.9. The minimum Gasteiger partial charge on any atom is -0.370 e. The molecule has 3 N–H and O–H groups in total. The molecule has 1 unspecified atom stereocenters. The summed E-state index contributed by atoms with van der Waals surface area (Å²) in [5, 5.41) is 3.27. The minimum atomic E-state index is 0.382. The predicted octanol–water partition coefficient (Wildman–Crippen LogP) is 1.95. The lowest BCUT2D eigenvalue weighted by molar-refractivity contribution is 0.664. The quantitative estimate of drug-likeness (QED) is 0.663. The molecule has 0 amide bonds. The van der Waals surface area contributed by atoms with Crippen molar-refractivity contribution in [1.82, 2.24) is 5.32 Å². The van der Waals surface area contributed by atoms with E-state index in [1.165, 1.54) is 5.69 Å². The Morgan fingerprint density at radius 1 is 1.56 bits per heavy atom. The molecular formula is C13H19BrN4. The Bertz CT molecular complexity index is 433. The molecule has 1 heterocycles. The number of nitrogens with two attached hydrogens (primary N) is 1. The molecule has 98 valence electrons. The van der Waals surface area contributed by atoms with Crippen molar-refractivity contribution in [2.24, 2.45) is 10.7 Å². The fourth-order valence-electron chi connectivity index (χ4n) is 2.23. The predicted molar refractivity (Wildman–Crippen MR) is 80.1 cm³/mol. The molecule has 1 fully saturated rings. The van der Waals surface area contributed by atoms with Crippen LogP contribution < -0.4 is 16.0 Å². The average Bonchev–Trinajstić information content (AvgIpc) is 2.78. The highest BCUT2D eigenvalue weighted by Crippen LogP contribution is 2.28. The first-order valence-corrected chi connectivity index (χ1v) is 7.06. The molecule has 1 aliphatic rings. The molecule has 0 aromatic heterocycles. The van der Waals surface area contributed by atoms with Gasteiger partial charge in [0.1, 0.15) is 0 Å². The van der Waals surface area contributed by atoms with E-state index in [4.69, 9.17) is 5.73 Å². The van der Waals surface area contributed by atoms with E-state index in [2.05, 4.69) is 49.3 Å². The van der Waals surface area contributed by atoms with Gasteiger partial charge in [-0.05, 0) is 41.4 Å². The Hall–Kier alpha value is -1.23. The Morgan fingerprint density at radius 3 is 3.06 bits per heavy atom. The summed E-state index contributed by atoms with van der Waals surface area (Å²) < 4.78 is 1.14. The van der Waals surface area contributed by atoms with Crippen LogP contribution in [0.15, 0.2) is 33.7 Å². The summed E-state index contributed by atoms with van der Waals surface area (Å²) in [5.41, 5.74) is 7.03. The van der Waals surface area contributed by atoms with Crippen molar-refractivity contribution in [3.63, 3.8) is 0 Å². The van der Waals surface area contributed by atoms with Gasteiger partial charge in [0.15, 0.2) is 5.96 Å². The number of nitrogens with zero attached hydrogens (tertiary/aromatic N) is 2. The van der Waals surface area contributed by atoms with Gasteiger partial charge in [-0.1, -0.05) is 12.1 Å². The van der Waals surface area contributed by atoms with Crippen LogP contribution in [0, 0.1) is 0 Å². The maximum Gasteiger partial charge on any atom is 0.188 e. The van der Waals surface area contributed by atoms with Crippen LogP contribution in [0.5, 0.6) is 0 Å². The molecule has 1 aromatic rings. The first-order valence-electron chi connectivity index (χ1n) is 6.26. The molecule has 0 bridgehead atoms. The second-order valence-electron chi connectivity index (χ2n) is 4.39. The van der Waals surface area contributed by atoms with Crippen molar-refractivity contribution < 1.29 is 0 Å². The monoisotopic (exact) mass is 310 g/mol. The normalized spacial score (nSPS) is 20.2. The standard InChI is InChI=1S/C13H19BrN4/c1-2-16-13(15)17-10-7-8-18(9-10)12-6-4-3-5-11(12)14/h3-6,10H,2,7-9H2,1H3,(H3,15,16,17). The summed E-state index contributed by atoms with van der Waals surface area (Å²) in [4.78, 5) is 6.52. The zero-order valence-electron chi connectivity index (χ0n) is 10.6. The van der Waals surface area contributed by atoms with Gasteiger partial charge in [0.25, 0.3) is 0 Å². The van der Waals surface area contributed by atoms with Crippen LogP contribution in [0.1, 0.15) is 13.3 Å². The zero-order valence-corrected chi connectivity index (χ0v) is 12.2. The molecule has 0 radical (unpaired) electrons. The van der Waals surface area contributed by atoms with E-state index in [-0.39, 0.29) is 0 Å². The minimum absolute atomic E-state index is 0.382. The number of rotatable bonds is 3. The number of guanidine groups is 1. The van der Waals surface area contributed by atoms with Gasteiger partial charge in [-0.2, -0.15) is 0 Å². The Kier molecular flexibility index (Phi) is 4.47. The summed E-state index contributed by atoms with van der Waals surface area (Å²) in [6.45, 7) is 4.71. The van der Waals surface area contributed by atoms with Crippen LogP contribution in [0.25, 0.3) is 0 Å². The van der Waals surface area contributed by atoms with Gasteiger partial charge < -0.3 is 16.0 Å². The molecule has 18 heavy (non-hydrogen) atoms. The number of aliphatic imine (C=N–C) groups is 1. The molecule has 1 aromatic carbocycles. The highest BCUT2D eigenvalue weighted by Gasteiger charge is 2.23. The van der Waals surface area contributed by atoms with Crippen LogP contribution in [-0.4, -0.2) is 31.6 Å². The van der Waals surface area contributed by atoms with Crippen LogP contribution in [0.4, 0.5) is 5.69 Å². The van der Waals surface area contributed by atoms with Crippen molar-refractivity contribution in [3.8, 4) is 0 Å². The molecule has 1 aliphatic heterocycles. The molecule has 5 heteroatoms. The third kappa shape index (κ3) is 3.16. The van der Waals surface area contributed by atoms with Crippen LogP contribution in [0.3, 0.4) is 0 Å². The summed E-state index contributed by atoms with van der Waals surface area (Å²) >= 11 is 3.59. The van der Waals surface area contributed by atoms with E-state index >= 15 is 0 Å². The lowest BCUT2D eigenvalue weighted by atomic mass is 10.3. The molecule has 0 spiro atoms. The number of nitrogens with one attached hydrogen (secondary N) is 1. The molecule has 4 nitrogen and oxygen atoms in total. The molecule has 1 atom stereocenters. The van der Waals surface area contributed by atoms with Gasteiger partial charge in [0.2, 0.25) is 0 Å². The second kappa shape index (κ2) is 6.09. The number of benzene rings is 1. The fraction of sp³-hybridized carbons (Fsp3) is 0.462. The first kappa shape index (κ1) is 13.2. The van der Waals surface area contributed by atoms with Crippen molar-refractivity contribution in [2.45, 2.75) is 19.4 Å². The molecule has 0 saturated carbocycles. The van der Waals surface area contributed by atoms with E-state index in [0.29, 0.717) is 12.0 Å². The van der Waals surface area contributed by atoms with E-state index < -0.39 is 0 Å². The third-order valence-corrected chi connectivity index (χ3v) is 3.73. The SMILES string of the molecule is CCN=C(N)NC1CCN(c2ccccc2Br)C1. The van der Waals surface area contributed by atoms with Gasteiger partial charge in [0.05, 0.1) is 5.69 Å². The van der Waals surface area contributed by atoms with Gasteiger partial charge >= 0.3 is 0 Å². The summed E-state index contributed by atoms with van der Waals surface area (Å²) in [7, 11) is 0. The van der Waals surface area contributed by atoms with Crippen LogP contribution >= 0.6 is 15.9 Å². The molecule has 2 rings (SSSR count). The van der Waals surface area contributed by atoms with E-state index in [1.807, 2.05) is 13.0 Å². The number of hydrogen-bond acceptors (Lipinski definition) is 2. The van der Waals surface area contributed by atoms with Crippen LogP contribution in [-0.2, 0) is 0 Å². The maximum atomic E-state index is 5.79. The molecule has 1 saturated heterocycles. The average molecular weight is 311 g/mol. The maximum absolute atomic E-state index is 5.79. The van der Waals surface area contributed by atoms with Gasteiger partial charge in [-0.25, -0.2) is 0 Å². The lowest BCUT2D eigenvalue weighted by Crippen LogP contribution is -2.41. The first-order chi connectivity index (χ1) is 8.70. The second-order valence-corrected chi connectivity index (χ2v) is 5.24. The smallest absolute Gasteiger partial charge is 0.188 e. The number of anilines is 1. The third-order valence-electron chi connectivity index (χ3n) is 3.06. The largest absolute Gasteiger partial charge is 0.370 e. The lowest BCUT2D eigenvalue weighted by Gasteiger charge is -2.20. The van der Waals surface area contributed by atoms with Crippen molar-refractivity contribution in [1.29, 1.82) is 0 Å². The summed E-state index contributed by atoms with van der Waals surface area (Å²) in [6, 6.07) is 8.69. The molecule has 0 aliphatic carbocycles. The van der Waals surface area contributed by atoms with Crippen molar-refractivity contribution in [3.05, 3.63) is 28.7 Å². The number of para-hydroxylation sites is 1. The Morgan fingerprint density at radius 2 is 2.33 bits per heavy atom. The van der Waals surface area contributed by atoms with E-state index in [1.54, 1.807) is 0 Å². The van der Waals surface area contributed by atoms with E-state index in [9.17, 15) is 0 Å². The van der Waals surface area contributed by atoms with Crippen LogP contribution in [0.2, 0.25) is 0 Å². The highest BCUT2D eigenvalue weighted by molar-refractivity contribution is 9.10. The van der Waals surface area contributed by atoms with Crippen molar-refractivity contribution in [2.75, 3.05) is 24.5 Å². The Balaban J connectivity index is 1.97. The number of halogens is 1. The summed E-state index contributed by atoms with van der Waals surface area (Å²) in [6.07, 6.45) is 1.08. The fourth-order valence-corrected chi connectivity index (χ4v) is 2.77.